The number of rotatable bonds is 2. The maximum Gasteiger partial charge on any atom is 0.189 e. The van der Waals surface area contributed by atoms with E-state index in [0.29, 0.717) is 6.61 Å². The number of hydrogen-bond donors (Lipinski definition) is 0. The molecule has 0 fully saturated rings. The van der Waals surface area contributed by atoms with Crippen LogP contribution in [0.25, 0.3) is 0 Å². The van der Waals surface area contributed by atoms with Crippen molar-refractivity contribution < 1.29 is 13.7 Å². The van der Waals surface area contributed by atoms with Gasteiger partial charge in [-0.05, 0) is 31.2 Å². The summed E-state index contributed by atoms with van der Waals surface area (Å²) < 4.78 is 23.3. The predicted octanol–water partition coefficient (Wildman–Crippen LogP) is 3.03. The van der Waals surface area contributed by atoms with Gasteiger partial charge in [0.1, 0.15) is 5.75 Å². The summed E-state index contributed by atoms with van der Waals surface area (Å²) in [6.07, 6.45) is 0. The molecule has 0 aliphatic carbocycles. The van der Waals surface area contributed by atoms with Crippen LogP contribution in [0.2, 0.25) is 0 Å². The molecule has 1 aliphatic rings. The van der Waals surface area contributed by atoms with Crippen molar-refractivity contribution in [3.05, 3.63) is 53.6 Å². The van der Waals surface area contributed by atoms with Gasteiger partial charge in [-0.25, -0.2) is 4.21 Å². The van der Waals surface area contributed by atoms with E-state index in [-0.39, 0.29) is 6.79 Å². The van der Waals surface area contributed by atoms with E-state index in [2.05, 4.69) is 0 Å². The van der Waals surface area contributed by atoms with Crippen molar-refractivity contribution in [2.24, 2.45) is 0 Å². The summed E-state index contributed by atoms with van der Waals surface area (Å²) in [7, 11) is -1.20. The van der Waals surface area contributed by atoms with Crippen molar-refractivity contribution in [3.8, 4) is 5.75 Å². The lowest BCUT2D eigenvalue weighted by Crippen LogP contribution is -2.13. The molecule has 0 bridgehead atoms. The first-order valence-electron chi connectivity index (χ1n) is 6.06. The SMILES string of the molecule is Cc1ccc(S(=O)c2cccc3c2COCO3)cc1. The van der Waals surface area contributed by atoms with Crippen LogP contribution in [0.4, 0.5) is 0 Å². The van der Waals surface area contributed by atoms with Crippen LogP contribution in [0, 0.1) is 6.92 Å². The molecule has 0 amide bonds. The Balaban J connectivity index is 2.02. The third-order valence-corrected chi connectivity index (χ3v) is 4.55. The molecule has 19 heavy (non-hydrogen) atoms. The standard InChI is InChI=1S/C15H14O3S/c1-11-5-7-12(8-6-11)19(16)15-4-2-3-14-13(15)9-17-10-18-14/h2-8H,9-10H2,1H3. The predicted molar refractivity (Wildman–Crippen MR) is 72.6 cm³/mol. The Kier molecular flexibility index (Phi) is 3.36. The molecule has 1 atom stereocenters. The molecule has 0 radical (unpaired) electrons. The second-order valence-corrected chi connectivity index (χ2v) is 5.87. The zero-order chi connectivity index (χ0) is 13.2. The van der Waals surface area contributed by atoms with Crippen LogP contribution in [-0.4, -0.2) is 11.0 Å². The number of benzene rings is 2. The van der Waals surface area contributed by atoms with Crippen molar-refractivity contribution >= 4 is 10.8 Å². The molecule has 3 rings (SSSR count). The quantitative estimate of drug-likeness (QED) is 0.844. The molecule has 0 saturated carbocycles. The summed E-state index contributed by atoms with van der Waals surface area (Å²) in [6, 6.07) is 13.3. The van der Waals surface area contributed by atoms with Crippen LogP contribution in [0.1, 0.15) is 11.1 Å². The van der Waals surface area contributed by atoms with Gasteiger partial charge < -0.3 is 9.47 Å². The topological polar surface area (TPSA) is 35.5 Å². The number of fused-ring (bicyclic) bond motifs is 1. The molecule has 2 aromatic rings. The van der Waals surface area contributed by atoms with Crippen molar-refractivity contribution in [2.75, 3.05) is 6.79 Å². The molecular formula is C15H14O3S. The fraction of sp³-hybridized carbons (Fsp3) is 0.200. The van der Waals surface area contributed by atoms with Crippen LogP contribution >= 0.6 is 0 Å². The lowest BCUT2D eigenvalue weighted by Gasteiger charge is -2.20. The third kappa shape index (κ3) is 2.41. The summed E-state index contributed by atoms with van der Waals surface area (Å²) in [5.41, 5.74) is 2.04. The van der Waals surface area contributed by atoms with E-state index >= 15 is 0 Å². The lowest BCUT2D eigenvalue weighted by atomic mass is 10.2. The Hall–Kier alpha value is -1.65. The van der Waals surface area contributed by atoms with Gasteiger partial charge in [0.05, 0.1) is 22.3 Å². The molecule has 1 unspecified atom stereocenters. The molecule has 0 N–H and O–H groups in total. The van der Waals surface area contributed by atoms with Gasteiger partial charge >= 0.3 is 0 Å². The van der Waals surface area contributed by atoms with Gasteiger partial charge in [-0.2, -0.15) is 0 Å². The smallest absolute Gasteiger partial charge is 0.189 e. The van der Waals surface area contributed by atoms with Gasteiger partial charge in [0.15, 0.2) is 6.79 Å². The van der Waals surface area contributed by atoms with E-state index in [0.717, 1.165) is 26.7 Å². The van der Waals surface area contributed by atoms with Gasteiger partial charge in [0.25, 0.3) is 0 Å². The van der Waals surface area contributed by atoms with Crippen LogP contribution in [0.3, 0.4) is 0 Å². The average Bonchev–Trinajstić information content (AvgIpc) is 2.47. The third-order valence-electron chi connectivity index (χ3n) is 3.07. The zero-order valence-electron chi connectivity index (χ0n) is 10.6. The largest absolute Gasteiger partial charge is 0.467 e. The second-order valence-electron chi connectivity index (χ2n) is 4.43. The van der Waals surface area contributed by atoms with Crippen LogP contribution in [0.5, 0.6) is 5.75 Å². The Morgan fingerprint density at radius 2 is 1.89 bits per heavy atom. The monoisotopic (exact) mass is 274 g/mol. The fourth-order valence-electron chi connectivity index (χ4n) is 2.03. The zero-order valence-corrected chi connectivity index (χ0v) is 11.4. The van der Waals surface area contributed by atoms with E-state index in [4.69, 9.17) is 9.47 Å². The minimum absolute atomic E-state index is 0.258. The molecule has 1 heterocycles. The number of ether oxygens (including phenoxy) is 2. The van der Waals surface area contributed by atoms with Gasteiger partial charge in [-0.1, -0.05) is 23.8 Å². The van der Waals surface area contributed by atoms with Crippen LogP contribution in [0.15, 0.2) is 52.3 Å². The van der Waals surface area contributed by atoms with E-state index in [1.165, 1.54) is 0 Å². The van der Waals surface area contributed by atoms with Gasteiger partial charge in [-0.15, -0.1) is 0 Å². The van der Waals surface area contributed by atoms with Gasteiger partial charge in [-0.3, -0.25) is 0 Å². The molecule has 98 valence electrons. The first-order chi connectivity index (χ1) is 9.25. The van der Waals surface area contributed by atoms with E-state index in [1.807, 2.05) is 49.4 Å². The highest BCUT2D eigenvalue weighted by Gasteiger charge is 2.19. The van der Waals surface area contributed by atoms with E-state index in [9.17, 15) is 4.21 Å². The minimum atomic E-state index is -1.20. The normalized spacial score (nSPS) is 15.4. The molecular weight excluding hydrogens is 260 g/mol. The Bertz CT molecular complexity index is 620. The lowest BCUT2D eigenvalue weighted by molar-refractivity contribution is -0.0178. The second kappa shape index (κ2) is 5.15. The molecule has 1 aliphatic heterocycles. The van der Waals surface area contributed by atoms with Crippen molar-refractivity contribution in [2.45, 2.75) is 23.3 Å². The summed E-state index contributed by atoms with van der Waals surface area (Å²) in [4.78, 5) is 1.56. The van der Waals surface area contributed by atoms with Gasteiger partial charge in [0, 0.05) is 10.5 Å². The average molecular weight is 274 g/mol. The fourth-order valence-corrected chi connectivity index (χ4v) is 3.26. The maximum absolute atomic E-state index is 12.6. The molecule has 2 aromatic carbocycles. The summed E-state index contributed by atoms with van der Waals surface area (Å²) in [5, 5.41) is 0. The molecule has 3 nitrogen and oxygen atoms in total. The Morgan fingerprint density at radius 3 is 2.68 bits per heavy atom. The van der Waals surface area contributed by atoms with E-state index < -0.39 is 10.8 Å². The van der Waals surface area contributed by atoms with Crippen LogP contribution in [-0.2, 0) is 22.1 Å². The Labute approximate surface area is 114 Å². The maximum atomic E-state index is 12.6. The van der Waals surface area contributed by atoms with Gasteiger partial charge in [0.2, 0.25) is 0 Å². The highest BCUT2D eigenvalue weighted by atomic mass is 32.2. The molecule has 0 spiro atoms. The summed E-state index contributed by atoms with van der Waals surface area (Å²) >= 11 is 0. The van der Waals surface area contributed by atoms with E-state index in [1.54, 1.807) is 0 Å². The van der Waals surface area contributed by atoms with Crippen molar-refractivity contribution in [1.82, 2.24) is 0 Å². The molecule has 0 aromatic heterocycles. The summed E-state index contributed by atoms with van der Waals surface area (Å²) in [5.74, 6) is 0.768. The van der Waals surface area contributed by atoms with Crippen molar-refractivity contribution in [1.29, 1.82) is 0 Å². The highest BCUT2D eigenvalue weighted by molar-refractivity contribution is 7.85. The van der Waals surface area contributed by atoms with Crippen molar-refractivity contribution in [3.63, 3.8) is 0 Å². The Morgan fingerprint density at radius 1 is 1.11 bits per heavy atom. The minimum Gasteiger partial charge on any atom is -0.467 e. The number of aryl methyl sites for hydroxylation is 1. The highest BCUT2D eigenvalue weighted by Crippen LogP contribution is 2.30. The molecule has 0 saturated heterocycles. The molecule has 4 heteroatoms. The first kappa shape index (κ1) is 12.4. The van der Waals surface area contributed by atoms with Crippen LogP contribution < -0.4 is 4.74 Å². The summed E-state index contributed by atoms with van der Waals surface area (Å²) in [6.45, 7) is 2.72. The first-order valence-corrected chi connectivity index (χ1v) is 7.21. The number of hydrogen-bond acceptors (Lipinski definition) is 3.